The maximum Gasteiger partial charge on any atom is 0.303 e. The fourth-order valence-corrected chi connectivity index (χ4v) is 1.57. The highest BCUT2D eigenvalue weighted by molar-refractivity contribution is 5.66. The molecule has 6 heteroatoms. The Morgan fingerprint density at radius 1 is 1.47 bits per heavy atom. The number of carbonyl (C=O) groups is 1. The van der Waals surface area contributed by atoms with Crippen LogP contribution in [0.5, 0.6) is 5.88 Å². The maximum absolute atomic E-state index is 10.4. The van der Waals surface area contributed by atoms with Crippen LogP contribution in [-0.4, -0.2) is 33.2 Å². The van der Waals surface area contributed by atoms with Crippen molar-refractivity contribution in [3.05, 3.63) is 12.3 Å². The average Bonchev–Trinajstić information content (AvgIpc) is 2.27. The number of ether oxygens (including phenoxy) is 1. The molecule has 0 bridgehead atoms. The Labute approximate surface area is 113 Å². The van der Waals surface area contributed by atoms with Gasteiger partial charge in [-0.05, 0) is 33.6 Å². The van der Waals surface area contributed by atoms with Gasteiger partial charge in [0.2, 0.25) is 11.8 Å². The second kappa shape index (κ2) is 7.56. The van der Waals surface area contributed by atoms with Gasteiger partial charge in [0.05, 0.1) is 6.10 Å². The van der Waals surface area contributed by atoms with Gasteiger partial charge in [-0.15, -0.1) is 0 Å². The SMILES string of the molecule is CC(CCCC(=O)O)Nc1nccc(OC(C)C)n1. The van der Waals surface area contributed by atoms with Gasteiger partial charge in [0.1, 0.15) is 0 Å². The highest BCUT2D eigenvalue weighted by Crippen LogP contribution is 2.12. The summed E-state index contributed by atoms with van der Waals surface area (Å²) in [6.07, 6.45) is 3.27. The van der Waals surface area contributed by atoms with Gasteiger partial charge in [-0.1, -0.05) is 0 Å². The van der Waals surface area contributed by atoms with Crippen LogP contribution in [0.4, 0.5) is 5.95 Å². The van der Waals surface area contributed by atoms with Gasteiger partial charge in [-0.3, -0.25) is 4.79 Å². The summed E-state index contributed by atoms with van der Waals surface area (Å²) in [6, 6.07) is 1.83. The number of nitrogens with zero attached hydrogens (tertiary/aromatic N) is 2. The highest BCUT2D eigenvalue weighted by Gasteiger charge is 2.07. The van der Waals surface area contributed by atoms with Crippen molar-refractivity contribution in [1.29, 1.82) is 0 Å². The molecule has 19 heavy (non-hydrogen) atoms. The summed E-state index contributed by atoms with van der Waals surface area (Å²) in [5.74, 6) is 0.266. The third-order valence-electron chi connectivity index (χ3n) is 2.39. The van der Waals surface area contributed by atoms with Crippen LogP contribution in [-0.2, 0) is 4.79 Å². The minimum absolute atomic E-state index is 0.0655. The Morgan fingerprint density at radius 2 is 2.21 bits per heavy atom. The standard InChI is InChI=1S/C13H21N3O3/c1-9(2)19-11-7-8-14-13(16-11)15-10(3)5-4-6-12(17)18/h7-10H,4-6H2,1-3H3,(H,17,18)(H,14,15,16). The third-order valence-corrected chi connectivity index (χ3v) is 2.39. The van der Waals surface area contributed by atoms with E-state index in [2.05, 4.69) is 15.3 Å². The normalized spacial score (nSPS) is 12.2. The summed E-state index contributed by atoms with van der Waals surface area (Å²) in [4.78, 5) is 18.8. The van der Waals surface area contributed by atoms with E-state index in [1.807, 2.05) is 20.8 Å². The number of aromatic nitrogens is 2. The molecule has 1 atom stereocenters. The van der Waals surface area contributed by atoms with Gasteiger partial charge in [0.15, 0.2) is 0 Å². The highest BCUT2D eigenvalue weighted by atomic mass is 16.5. The number of aliphatic carboxylic acids is 1. The number of rotatable bonds is 8. The fourth-order valence-electron chi connectivity index (χ4n) is 1.57. The number of hydrogen-bond acceptors (Lipinski definition) is 5. The lowest BCUT2D eigenvalue weighted by molar-refractivity contribution is -0.137. The Bertz CT molecular complexity index is 410. The van der Waals surface area contributed by atoms with Gasteiger partial charge in [0, 0.05) is 24.7 Å². The second-order valence-corrected chi connectivity index (χ2v) is 4.72. The average molecular weight is 267 g/mol. The first-order valence-corrected chi connectivity index (χ1v) is 6.45. The van der Waals surface area contributed by atoms with Crippen molar-refractivity contribution in [2.45, 2.75) is 52.2 Å². The zero-order valence-electron chi connectivity index (χ0n) is 11.6. The molecule has 2 N–H and O–H groups in total. The smallest absolute Gasteiger partial charge is 0.303 e. The molecule has 1 heterocycles. The van der Waals surface area contributed by atoms with Crippen LogP contribution in [0.25, 0.3) is 0 Å². The molecule has 0 radical (unpaired) electrons. The molecule has 6 nitrogen and oxygen atoms in total. The first kappa shape index (κ1) is 15.2. The predicted octanol–water partition coefficient (Wildman–Crippen LogP) is 2.32. The Morgan fingerprint density at radius 3 is 2.84 bits per heavy atom. The van der Waals surface area contributed by atoms with E-state index in [1.165, 1.54) is 0 Å². The van der Waals surface area contributed by atoms with Crippen molar-refractivity contribution in [3.8, 4) is 5.88 Å². The largest absolute Gasteiger partial charge is 0.481 e. The molecule has 0 saturated heterocycles. The van der Waals surface area contributed by atoms with Crippen molar-refractivity contribution >= 4 is 11.9 Å². The zero-order chi connectivity index (χ0) is 14.3. The fraction of sp³-hybridized carbons (Fsp3) is 0.615. The van der Waals surface area contributed by atoms with E-state index >= 15 is 0 Å². The van der Waals surface area contributed by atoms with Crippen LogP contribution in [0.2, 0.25) is 0 Å². The molecular formula is C13H21N3O3. The Kier molecular flexibility index (Phi) is 6.05. The molecule has 0 fully saturated rings. The van der Waals surface area contributed by atoms with Crippen LogP contribution in [0.3, 0.4) is 0 Å². The van der Waals surface area contributed by atoms with Crippen LogP contribution in [0.15, 0.2) is 12.3 Å². The summed E-state index contributed by atoms with van der Waals surface area (Å²) in [5.41, 5.74) is 0. The number of carboxylic acid groups (broad SMARTS) is 1. The molecule has 1 unspecified atom stereocenters. The molecular weight excluding hydrogens is 246 g/mol. The Balaban J connectivity index is 2.45. The summed E-state index contributed by atoms with van der Waals surface area (Å²) in [6.45, 7) is 5.84. The van der Waals surface area contributed by atoms with E-state index in [9.17, 15) is 4.79 Å². The van der Waals surface area contributed by atoms with Gasteiger partial charge in [-0.25, -0.2) is 4.98 Å². The summed E-state index contributed by atoms with van der Waals surface area (Å²) in [5, 5.41) is 11.7. The van der Waals surface area contributed by atoms with E-state index in [1.54, 1.807) is 12.3 Å². The van der Waals surface area contributed by atoms with Gasteiger partial charge >= 0.3 is 5.97 Å². The summed E-state index contributed by atoms with van der Waals surface area (Å²) < 4.78 is 5.48. The van der Waals surface area contributed by atoms with Gasteiger partial charge in [-0.2, -0.15) is 4.98 Å². The zero-order valence-corrected chi connectivity index (χ0v) is 11.6. The number of carboxylic acids is 1. The monoisotopic (exact) mass is 267 g/mol. The molecule has 0 amide bonds. The van der Waals surface area contributed by atoms with Crippen LogP contribution < -0.4 is 10.1 Å². The summed E-state index contributed by atoms with van der Waals surface area (Å²) >= 11 is 0. The first-order chi connectivity index (χ1) is 8.97. The molecule has 0 aliphatic heterocycles. The lowest BCUT2D eigenvalue weighted by atomic mass is 10.1. The predicted molar refractivity (Wildman–Crippen MR) is 72.4 cm³/mol. The van der Waals surface area contributed by atoms with E-state index < -0.39 is 5.97 Å². The molecule has 1 aromatic heterocycles. The summed E-state index contributed by atoms with van der Waals surface area (Å²) in [7, 11) is 0. The molecule has 106 valence electrons. The van der Waals surface area contributed by atoms with Crippen molar-refractivity contribution in [2.75, 3.05) is 5.32 Å². The lowest BCUT2D eigenvalue weighted by Gasteiger charge is -2.14. The van der Waals surface area contributed by atoms with Crippen molar-refractivity contribution in [2.24, 2.45) is 0 Å². The van der Waals surface area contributed by atoms with Crippen LogP contribution >= 0.6 is 0 Å². The van der Waals surface area contributed by atoms with E-state index in [0.29, 0.717) is 18.2 Å². The van der Waals surface area contributed by atoms with Crippen molar-refractivity contribution in [3.63, 3.8) is 0 Å². The minimum Gasteiger partial charge on any atom is -0.481 e. The quantitative estimate of drug-likeness (QED) is 0.752. The number of anilines is 1. The maximum atomic E-state index is 10.4. The molecule has 1 aromatic rings. The molecule has 0 saturated carbocycles. The second-order valence-electron chi connectivity index (χ2n) is 4.72. The molecule has 0 aliphatic carbocycles. The number of hydrogen-bond donors (Lipinski definition) is 2. The molecule has 0 aliphatic rings. The van der Waals surface area contributed by atoms with E-state index in [4.69, 9.17) is 9.84 Å². The van der Waals surface area contributed by atoms with E-state index in [0.717, 1.165) is 6.42 Å². The van der Waals surface area contributed by atoms with Gasteiger partial charge < -0.3 is 15.2 Å². The van der Waals surface area contributed by atoms with Gasteiger partial charge in [0.25, 0.3) is 0 Å². The Hall–Kier alpha value is -1.85. The molecule has 1 rings (SSSR count). The minimum atomic E-state index is -0.768. The lowest BCUT2D eigenvalue weighted by Crippen LogP contribution is -2.18. The van der Waals surface area contributed by atoms with Crippen LogP contribution in [0.1, 0.15) is 40.0 Å². The van der Waals surface area contributed by atoms with Crippen molar-refractivity contribution < 1.29 is 14.6 Å². The third kappa shape index (κ3) is 6.59. The first-order valence-electron chi connectivity index (χ1n) is 6.45. The van der Waals surface area contributed by atoms with Crippen molar-refractivity contribution in [1.82, 2.24) is 9.97 Å². The molecule has 0 spiro atoms. The topological polar surface area (TPSA) is 84.3 Å². The molecule has 0 aromatic carbocycles. The number of nitrogens with one attached hydrogen (secondary N) is 1. The van der Waals surface area contributed by atoms with E-state index in [-0.39, 0.29) is 18.6 Å². The van der Waals surface area contributed by atoms with Crippen LogP contribution in [0, 0.1) is 0 Å².